The average Bonchev–Trinajstić information content (AvgIpc) is 2.32. The summed E-state index contributed by atoms with van der Waals surface area (Å²) in [6.07, 6.45) is 4.81. The number of hydrogen-bond acceptors (Lipinski definition) is 4. The van der Waals surface area contributed by atoms with Crippen molar-refractivity contribution >= 4 is 12.6 Å². The molecule has 0 amide bonds. The lowest BCUT2D eigenvalue weighted by molar-refractivity contribution is -0.110. The van der Waals surface area contributed by atoms with Gasteiger partial charge in [0.25, 0.3) is 0 Å². The summed E-state index contributed by atoms with van der Waals surface area (Å²) in [6.45, 7) is 10.7. The van der Waals surface area contributed by atoms with E-state index in [0.29, 0.717) is 39.3 Å². The van der Waals surface area contributed by atoms with Gasteiger partial charge in [-0.1, -0.05) is 27.7 Å². The van der Waals surface area contributed by atoms with Crippen molar-refractivity contribution in [3.8, 4) is 0 Å². The Hall–Kier alpha value is -0.740. The molecule has 0 aromatic heterocycles. The summed E-state index contributed by atoms with van der Waals surface area (Å²) in [6, 6.07) is 0. The molecule has 0 spiro atoms. The van der Waals surface area contributed by atoms with Crippen LogP contribution in [0.3, 0.4) is 0 Å². The maximum atomic E-state index is 10.5. The van der Waals surface area contributed by atoms with Crippen LogP contribution in [0.25, 0.3) is 0 Å². The van der Waals surface area contributed by atoms with Crippen molar-refractivity contribution in [1.82, 2.24) is 0 Å². The number of ether oxygens (including phenoxy) is 2. The third kappa shape index (κ3) is 11.1. The number of carbonyl (C=O) groups excluding carboxylic acids is 2. The molecular formula is C16H30O4. The fourth-order valence-electron chi connectivity index (χ4n) is 1.67. The zero-order valence-corrected chi connectivity index (χ0v) is 13.4. The van der Waals surface area contributed by atoms with E-state index >= 15 is 0 Å². The Bertz CT molecular complexity index is 244. The Morgan fingerprint density at radius 1 is 0.700 bits per heavy atom. The minimum atomic E-state index is 0.0153. The molecule has 0 heterocycles. The monoisotopic (exact) mass is 286 g/mol. The Morgan fingerprint density at radius 2 is 1.05 bits per heavy atom. The van der Waals surface area contributed by atoms with Gasteiger partial charge in [0, 0.05) is 26.1 Å². The number of hydrogen-bond donors (Lipinski definition) is 0. The van der Waals surface area contributed by atoms with Crippen LogP contribution in [0.4, 0.5) is 0 Å². The molecule has 0 rings (SSSR count). The smallest absolute Gasteiger partial charge is 0.120 e. The first kappa shape index (κ1) is 19.3. The normalized spacial score (nSPS) is 12.4. The molecule has 0 atom stereocenters. The van der Waals surface area contributed by atoms with Crippen molar-refractivity contribution in [2.45, 2.75) is 53.4 Å². The van der Waals surface area contributed by atoms with Crippen LogP contribution in [0.2, 0.25) is 0 Å². The molecule has 0 saturated carbocycles. The largest absolute Gasteiger partial charge is 0.379 e. The van der Waals surface area contributed by atoms with E-state index in [9.17, 15) is 9.59 Å². The van der Waals surface area contributed by atoms with Gasteiger partial charge in [0.1, 0.15) is 12.6 Å². The lowest BCUT2D eigenvalue weighted by Gasteiger charge is -2.22. The topological polar surface area (TPSA) is 52.6 Å². The standard InChI is InChI=1S/C16H30O4/c1-15(2,5-9-17)7-11-19-13-14-20-12-8-16(3,4)6-10-18/h9-10H,5-8,11-14H2,1-4H3. The summed E-state index contributed by atoms with van der Waals surface area (Å²) in [5, 5.41) is 0. The van der Waals surface area contributed by atoms with Crippen LogP contribution < -0.4 is 0 Å². The molecule has 4 heteroatoms. The van der Waals surface area contributed by atoms with Crippen molar-refractivity contribution in [3.05, 3.63) is 0 Å². The molecule has 0 aromatic rings. The van der Waals surface area contributed by atoms with E-state index in [-0.39, 0.29) is 10.8 Å². The van der Waals surface area contributed by atoms with Gasteiger partial charge in [0.15, 0.2) is 0 Å². The zero-order valence-electron chi connectivity index (χ0n) is 13.4. The molecule has 0 radical (unpaired) electrons. The first-order chi connectivity index (χ1) is 9.33. The van der Waals surface area contributed by atoms with E-state index in [2.05, 4.69) is 27.7 Å². The van der Waals surface area contributed by atoms with Crippen molar-refractivity contribution < 1.29 is 19.1 Å². The van der Waals surface area contributed by atoms with E-state index in [1.54, 1.807) is 0 Å². The van der Waals surface area contributed by atoms with Crippen LogP contribution in [0.15, 0.2) is 0 Å². The summed E-state index contributed by atoms with van der Waals surface area (Å²) >= 11 is 0. The third-order valence-electron chi connectivity index (χ3n) is 3.49. The molecule has 0 aliphatic rings. The molecule has 0 fully saturated rings. The summed E-state index contributed by atoms with van der Waals surface area (Å²) in [5.41, 5.74) is 0.0307. The molecule has 20 heavy (non-hydrogen) atoms. The molecule has 0 N–H and O–H groups in total. The maximum Gasteiger partial charge on any atom is 0.120 e. The van der Waals surface area contributed by atoms with Gasteiger partial charge < -0.3 is 19.1 Å². The van der Waals surface area contributed by atoms with Gasteiger partial charge in [-0.25, -0.2) is 0 Å². The Morgan fingerprint density at radius 3 is 1.35 bits per heavy atom. The SMILES string of the molecule is CC(C)(CC=O)CCOCCOCCC(C)(C)CC=O. The van der Waals surface area contributed by atoms with E-state index in [0.717, 1.165) is 25.4 Å². The van der Waals surface area contributed by atoms with Gasteiger partial charge in [-0.3, -0.25) is 0 Å². The van der Waals surface area contributed by atoms with Crippen molar-refractivity contribution in [3.63, 3.8) is 0 Å². The van der Waals surface area contributed by atoms with Crippen molar-refractivity contribution in [2.24, 2.45) is 10.8 Å². The van der Waals surface area contributed by atoms with Crippen LogP contribution in [0.1, 0.15) is 53.4 Å². The highest BCUT2D eigenvalue weighted by molar-refractivity contribution is 5.50. The Balaban J connectivity index is 3.45. The minimum absolute atomic E-state index is 0.0153. The molecule has 0 saturated heterocycles. The van der Waals surface area contributed by atoms with Gasteiger partial charge in [-0.2, -0.15) is 0 Å². The summed E-state index contributed by atoms with van der Waals surface area (Å²) in [5.74, 6) is 0. The molecule has 0 aliphatic carbocycles. The fourth-order valence-corrected chi connectivity index (χ4v) is 1.67. The molecule has 118 valence electrons. The van der Waals surface area contributed by atoms with Gasteiger partial charge in [0.2, 0.25) is 0 Å². The van der Waals surface area contributed by atoms with Crippen LogP contribution in [0, 0.1) is 10.8 Å². The van der Waals surface area contributed by atoms with Crippen molar-refractivity contribution in [1.29, 1.82) is 0 Å². The second kappa shape index (κ2) is 10.1. The number of rotatable bonds is 13. The summed E-state index contributed by atoms with van der Waals surface area (Å²) < 4.78 is 11.0. The fraction of sp³-hybridized carbons (Fsp3) is 0.875. The second-order valence-electron chi connectivity index (χ2n) is 6.79. The molecule has 0 aliphatic heterocycles. The van der Waals surface area contributed by atoms with Gasteiger partial charge in [0.05, 0.1) is 13.2 Å². The summed E-state index contributed by atoms with van der Waals surface area (Å²) in [4.78, 5) is 20.9. The van der Waals surface area contributed by atoms with E-state index in [1.807, 2.05) is 0 Å². The Labute approximate surface area is 123 Å². The quantitative estimate of drug-likeness (QED) is 0.386. The predicted octanol–water partition coefficient (Wildman–Crippen LogP) is 3.03. The third-order valence-corrected chi connectivity index (χ3v) is 3.49. The number of carbonyl (C=O) groups is 2. The van der Waals surface area contributed by atoms with Crippen LogP contribution in [-0.2, 0) is 19.1 Å². The van der Waals surface area contributed by atoms with E-state index in [4.69, 9.17) is 9.47 Å². The Kier molecular flexibility index (Phi) is 9.68. The molecule has 4 nitrogen and oxygen atoms in total. The first-order valence-corrected chi connectivity index (χ1v) is 7.36. The van der Waals surface area contributed by atoms with Gasteiger partial charge in [-0.15, -0.1) is 0 Å². The zero-order chi connectivity index (χ0) is 15.5. The highest BCUT2D eigenvalue weighted by Crippen LogP contribution is 2.24. The van der Waals surface area contributed by atoms with Crippen LogP contribution in [0.5, 0.6) is 0 Å². The van der Waals surface area contributed by atoms with E-state index < -0.39 is 0 Å². The maximum absolute atomic E-state index is 10.5. The minimum Gasteiger partial charge on any atom is -0.379 e. The first-order valence-electron chi connectivity index (χ1n) is 7.36. The molecule has 0 unspecified atom stereocenters. The van der Waals surface area contributed by atoms with Gasteiger partial charge >= 0.3 is 0 Å². The average molecular weight is 286 g/mol. The second-order valence-corrected chi connectivity index (χ2v) is 6.79. The molecular weight excluding hydrogens is 256 g/mol. The summed E-state index contributed by atoms with van der Waals surface area (Å²) in [7, 11) is 0. The highest BCUT2D eigenvalue weighted by Gasteiger charge is 2.17. The molecule has 0 bridgehead atoms. The highest BCUT2D eigenvalue weighted by atomic mass is 16.5. The lowest BCUT2D eigenvalue weighted by Crippen LogP contribution is -2.18. The van der Waals surface area contributed by atoms with Gasteiger partial charge in [-0.05, 0) is 23.7 Å². The van der Waals surface area contributed by atoms with E-state index in [1.165, 1.54) is 0 Å². The number of aldehydes is 2. The molecule has 0 aromatic carbocycles. The van der Waals surface area contributed by atoms with Crippen LogP contribution in [-0.4, -0.2) is 39.0 Å². The van der Waals surface area contributed by atoms with Crippen LogP contribution >= 0.6 is 0 Å². The predicted molar refractivity (Wildman–Crippen MR) is 79.8 cm³/mol. The lowest BCUT2D eigenvalue weighted by atomic mass is 9.87. The van der Waals surface area contributed by atoms with Crippen molar-refractivity contribution in [2.75, 3.05) is 26.4 Å².